The quantitative estimate of drug-likeness (QED) is 0.898. The Morgan fingerprint density at radius 2 is 1.95 bits per heavy atom. The van der Waals surface area contributed by atoms with Gasteiger partial charge in [-0.05, 0) is 55.0 Å². The number of fused-ring (bicyclic) bond motifs is 1. The molecule has 1 aliphatic rings. The van der Waals surface area contributed by atoms with E-state index in [2.05, 4.69) is 53.6 Å². The molecule has 0 amide bonds. The Balaban J connectivity index is 1.78. The molecule has 0 saturated heterocycles. The van der Waals surface area contributed by atoms with Crippen molar-refractivity contribution in [3.05, 3.63) is 65.5 Å². The summed E-state index contributed by atoms with van der Waals surface area (Å²) in [6.07, 6.45) is 7.45. The van der Waals surface area contributed by atoms with Gasteiger partial charge in [-0.3, -0.25) is 4.98 Å². The maximum Gasteiger partial charge on any atom is 0.0328 e. The first-order chi connectivity index (χ1) is 9.34. The van der Waals surface area contributed by atoms with Crippen molar-refractivity contribution in [1.29, 1.82) is 0 Å². The van der Waals surface area contributed by atoms with Crippen LogP contribution in [-0.2, 0) is 6.42 Å². The molecule has 0 bridgehead atoms. The van der Waals surface area contributed by atoms with Crippen molar-refractivity contribution in [2.45, 2.75) is 38.3 Å². The third-order valence-corrected chi connectivity index (χ3v) is 4.03. The van der Waals surface area contributed by atoms with Crippen LogP contribution in [0.1, 0.15) is 48.5 Å². The zero-order valence-corrected chi connectivity index (χ0v) is 11.3. The van der Waals surface area contributed by atoms with Crippen molar-refractivity contribution in [2.75, 3.05) is 0 Å². The van der Waals surface area contributed by atoms with Crippen molar-refractivity contribution < 1.29 is 0 Å². The molecule has 1 heterocycles. The second-order valence-electron chi connectivity index (χ2n) is 5.31. The Hall–Kier alpha value is -1.67. The predicted octanol–water partition coefficient (Wildman–Crippen LogP) is 3.81. The normalized spacial score (nSPS) is 19.7. The smallest absolute Gasteiger partial charge is 0.0328 e. The first-order valence-electron chi connectivity index (χ1n) is 7.08. The van der Waals surface area contributed by atoms with E-state index >= 15 is 0 Å². The minimum atomic E-state index is 0.360. The number of benzene rings is 1. The lowest BCUT2D eigenvalue weighted by molar-refractivity contribution is 0.415. The van der Waals surface area contributed by atoms with Gasteiger partial charge in [-0.15, -0.1) is 0 Å². The standard InChI is InChI=1S/C17H20N2/c1-13(14-9-11-18-12-10-14)19-17-8-4-6-15-5-2-3-7-16(15)17/h2-3,5,7,9-13,17,19H,4,6,8H2,1H3. The molecule has 2 heteroatoms. The molecule has 0 fully saturated rings. The number of nitrogens with one attached hydrogen (secondary N) is 1. The first-order valence-corrected chi connectivity index (χ1v) is 7.08. The molecule has 0 saturated carbocycles. The van der Waals surface area contributed by atoms with Crippen molar-refractivity contribution in [1.82, 2.24) is 10.3 Å². The van der Waals surface area contributed by atoms with Gasteiger partial charge in [0.15, 0.2) is 0 Å². The summed E-state index contributed by atoms with van der Waals surface area (Å²) in [6.45, 7) is 2.23. The SMILES string of the molecule is CC(NC1CCCc2ccccc21)c1ccncc1. The van der Waals surface area contributed by atoms with Gasteiger partial charge in [0.25, 0.3) is 0 Å². The molecule has 98 valence electrons. The fourth-order valence-electron chi connectivity index (χ4n) is 2.98. The van der Waals surface area contributed by atoms with Gasteiger partial charge in [-0.25, -0.2) is 0 Å². The fourth-order valence-corrected chi connectivity index (χ4v) is 2.98. The van der Waals surface area contributed by atoms with Gasteiger partial charge >= 0.3 is 0 Å². The van der Waals surface area contributed by atoms with Crippen LogP contribution in [0.2, 0.25) is 0 Å². The second kappa shape index (κ2) is 5.54. The highest BCUT2D eigenvalue weighted by atomic mass is 14.9. The Bertz CT molecular complexity index is 536. The van der Waals surface area contributed by atoms with E-state index in [0.717, 1.165) is 0 Å². The predicted molar refractivity (Wildman–Crippen MR) is 77.9 cm³/mol. The van der Waals surface area contributed by atoms with Crippen LogP contribution >= 0.6 is 0 Å². The summed E-state index contributed by atoms with van der Waals surface area (Å²) in [5.74, 6) is 0. The summed E-state index contributed by atoms with van der Waals surface area (Å²) in [5.41, 5.74) is 4.29. The van der Waals surface area contributed by atoms with Crippen LogP contribution in [0.5, 0.6) is 0 Å². The average molecular weight is 252 g/mol. The van der Waals surface area contributed by atoms with E-state index in [-0.39, 0.29) is 0 Å². The molecule has 1 N–H and O–H groups in total. The summed E-state index contributed by atoms with van der Waals surface area (Å²) in [7, 11) is 0. The second-order valence-corrected chi connectivity index (χ2v) is 5.31. The fraction of sp³-hybridized carbons (Fsp3) is 0.353. The van der Waals surface area contributed by atoms with Crippen molar-refractivity contribution in [3.8, 4) is 0 Å². The Morgan fingerprint density at radius 3 is 2.79 bits per heavy atom. The van der Waals surface area contributed by atoms with Gasteiger partial charge in [0.1, 0.15) is 0 Å². The topological polar surface area (TPSA) is 24.9 Å². The molecular formula is C17H20N2. The van der Waals surface area contributed by atoms with Crippen molar-refractivity contribution >= 4 is 0 Å². The zero-order valence-electron chi connectivity index (χ0n) is 11.3. The first kappa shape index (κ1) is 12.4. The number of hydrogen-bond donors (Lipinski definition) is 1. The highest BCUT2D eigenvalue weighted by molar-refractivity contribution is 5.32. The minimum absolute atomic E-state index is 0.360. The third kappa shape index (κ3) is 2.69. The van der Waals surface area contributed by atoms with Gasteiger partial charge in [0, 0.05) is 24.5 Å². The minimum Gasteiger partial charge on any atom is -0.303 e. The van der Waals surface area contributed by atoms with E-state index in [9.17, 15) is 0 Å². The molecule has 2 aromatic rings. The van der Waals surface area contributed by atoms with Crippen LogP contribution in [0.3, 0.4) is 0 Å². The maximum atomic E-state index is 4.08. The van der Waals surface area contributed by atoms with E-state index in [1.165, 1.54) is 36.0 Å². The van der Waals surface area contributed by atoms with Gasteiger partial charge < -0.3 is 5.32 Å². The summed E-state index contributed by atoms with van der Waals surface area (Å²) >= 11 is 0. The average Bonchev–Trinajstić information content (AvgIpc) is 2.48. The van der Waals surface area contributed by atoms with Crippen LogP contribution in [0.15, 0.2) is 48.8 Å². The Labute approximate surface area is 114 Å². The van der Waals surface area contributed by atoms with E-state index in [1.54, 1.807) is 0 Å². The van der Waals surface area contributed by atoms with Crippen LogP contribution < -0.4 is 5.32 Å². The van der Waals surface area contributed by atoms with Crippen LogP contribution in [0.25, 0.3) is 0 Å². The summed E-state index contributed by atoms with van der Waals surface area (Å²) in [4.78, 5) is 4.08. The lowest BCUT2D eigenvalue weighted by atomic mass is 9.87. The Kier molecular flexibility index (Phi) is 3.60. The number of nitrogens with zero attached hydrogens (tertiary/aromatic N) is 1. The summed E-state index contributed by atoms with van der Waals surface area (Å²) in [5, 5.41) is 3.76. The maximum absolute atomic E-state index is 4.08. The van der Waals surface area contributed by atoms with E-state index in [4.69, 9.17) is 0 Å². The van der Waals surface area contributed by atoms with Crippen molar-refractivity contribution in [3.63, 3.8) is 0 Å². The molecule has 0 aliphatic heterocycles. The van der Waals surface area contributed by atoms with Gasteiger partial charge in [-0.2, -0.15) is 0 Å². The molecule has 3 rings (SSSR count). The van der Waals surface area contributed by atoms with Crippen LogP contribution in [-0.4, -0.2) is 4.98 Å². The summed E-state index contributed by atoms with van der Waals surface area (Å²) in [6, 6.07) is 13.8. The number of aromatic nitrogens is 1. The van der Waals surface area contributed by atoms with Gasteiger partial charge in [0.05, 0.1) is 0 Å². The Morgan fingerprint density at radius 1 is 1.16 bits per heavy atom. The molecule has 2 unspecified atom stereocenters. The third-order valence-electron chi connectivity index (χ3n) is 4.03. The van der Waals surface area contributed by atoms with Gasteiger partial charge in [0.2, 0.25) is 0 Å². The number of rotatable bonds is 3. The molecule has 19 heavy (non-hydrogen) atoms. The number of pyridine rings is 1. The lowest BCUT2D eigenvalue weighted by Crippen LogP contribution is -2.27. The summed E-state index contributed by atoms with van der Waals surface area (Å²) < 4.78 is 0. The van der Waals surface area contributed by atoms with E-state index < -0.39 is 0 Å². The van der Waals surface area contributed by atoms with Crippen molar-refractivity contribution in [2.24, 2.45) is 0 Å². The highest BCUT2D eigenvalue weighted by Crippen LogP contribution is 2.31. The van der Waals surface area contributed by atoms with Crippen LogP contribution in [0, 0.1) is 0 Å². The molecule has 1 aromatic heterocycles. The molecular weight excluding hydrogens is 232 g/mol. The highest BCUT2D eigenvalue weighted by Gasteiger charge is 2.21. The van der Waals surface area contributed by atoms with Crippen LogP contribution in [0.4, 0.5) is 0 Å². The molecule has 1 aromatic carbocycles. The monoisotopic (exact) mass is 252 g/mol. The molecule has 0 spiro atoms. The zero-order chi connectivity index (χ0) is 13.1. The van der Waals surface area contributed by atoms with E-state index in [0.29, 0.717) is 12.1 Å². The molecule has 2 nitrogen and oxygen atoms in total. The lowest BCUT2D eigenvalue weighted by Gasteiger charge is -2.29. The number of aryl methyl sites for hydroxylation is 1. The molecule has 2 atom stereocenters. The number of hydrogen-bond acceptors (Lipinski definition) is 2. The van der Waals surface area contributed by atoms with Gasteiger partial charge in [-0.1, -0.05) is 24.3 Å². The van der Waals surface area contributed by atoms with E-state index in [1.807, 2.05) is 12.4 Å². The molecule has 0 radical (unpaired) electrons. The largest absolute Gasteiger partial charge is 0.303 e. The molecule has 1 aliphatic carbocycles.